The number of phenols is 1. The van der Waals surface area contributed by atoms with Gasteiger partial charge in [0.15, 0.2) is 5.96 Å². The molecule has 2 aromatic rings. The van der Waals surface area contributed by atoms with Crippen molar-refractivity contribution in [3.8, 4) is 11.5 Å². The highest BCUT2D eigenvalue weighted by molar-refractivity contribution is 5.98. The van der Waals surface area contributed by atoms with Crippen molar-refractivity contribution >= 4 is 17.6 Å². The minimum absolute atomic E-state index is 0.240. The van der Waals surface area contributed by atoms with Gasteiger partial charge in [0.05, 0.1) is 7.11 Å². The number of hydrogen-bond acceptors (Lipinski definition) is 4. The Balaban J connectivity index is 1.39. The van der Waals surface area contributed by atoms with E-state index in [9.17, 15) is 9.90 Å². The topological polar surface area (TPSA) is 77.4 Å². The Morgan fingerprint density at radius 1 is 1.28 bits per heavy atom. The Morgan fingerprint density at radius 3 is 2.84 bits per heavy atom. The van der Waals surface area contributed by atoms with E-state index in [2.05, 4.69) is 39.5 Å². The first kappa shape index (κ1) is 22.0. The summed E-state index contributed by atoms with van der Waals surface area (Å²) in [5.41, 5.74) is 3.35. The molecule has 0 saturated carbocycles. The second kappa shape index (κ2) is 9.94. The van der Waals surface area contributed by atoms with Crippen LogP contribution in [0, 0.1) is 0 Å². The Morgan fingerprint density at radius 2 is 2.12 bits per heavy atom. The molecule has 0 bridgehead atoms. The lowest BCUT2D eigenvalue weighted by molar-refractivity contribution is -0.127. The van der Waals surface area contributed by atoms with Crippen LogP contribution in [0.15, 0.2) is 47.5 Å². The van der Waals surface area contributed by atoms with Gasteiger partial charge in [-0.05, 0) is 42.5 Å². The van der Waals surface area contributed by atoms with Gasteiger partial charge in [-0.15, -0.1) is 0 Å². The number of carbonyl (C=O) groups excluding carboxylic acids is 1. The summed E-state index contributed by atoms with van der Waals surface area (Å²) in [7, 11) is 3.39. The van der Waals surface area contributed by atoms with Crippen LogP contribution in [-0.2, 0) is 11.2 Å². The molecule has 2 N–H and O–H groups in total. The van der Waals surface area contributed by atoms with Crippen molar-refractivity contribution in [1.82, 2.24) is 10.2 Å². The van der Waals surface area contributed by atoms with Crippen molar-refractivity contribution < 1.29 is 14.6 Å². The van der Waals surface area contributed by atoms with E-state index in [1.54, 1.807) is 20.2 Å². The van der Waals surface area contributed by atoms with E-state index >= 15 is 0 Å². The van der Waals surface area contributed by atoms with Crippen LogP contribution in [0.5, 0.6) is 11.5 Å². The molecule has 7 nitrogen and oxygen atoms in total. The molecule has 2 heterocycles. The monoisotopic (exact) mass is 436 g/mol. The highest BCUT2D eigenvalue weighted by atomic mass is 16.5. The van der Waals surface area contributed by atoms with Crippen LogP contribution in [-0.4, -0.2) is 62.2 Å². The Kier molecular flexibility index (Phi) is 6.83. The van der Waals surface area contributed by atoms with Crippen molar-refractivity contribution in [2.45, 2.75) is 31.6 Å². The molecule has 2 aliphatic rings. The number of phenolic OH excluding ortho intramolecular Hbond substituents is 1. The summed E-state index contributed by atoms with van der Waals surface area (Å²) in [6.45, 7) is 3.19. The molecule has 0 aliphatic carbocycles. The number of nitrogens with one attached hydrogen (secondary N) is 1. The zero-order chi connectivity index (χ0) is 22.5. The number of hydrogen-bond donors (Lipinski definition) is 2. The summed E-state index contributed by atoms with van der Waals surface area (Å²) < 4.78 is 5.16. The third kappa shape index (κ3) is 4.66. The Labute approximate surface area is 189 Å². The fraction of sp³-hybridized carbons (Fsp3) is 0.440. The zero-order valence-corrected chi connectivity index (χ0v) is 18.9. The van der Waals surface area contributed by atoms with Crippen LogP contribution in [0.1, 0.15) is 36.3 Å². The van der Waals surface area contributed by atoms with E-state index in [1.807, 2.05) is 17.0 Å². The van der Waals surface area contributed by atoms with Crippen LogP contribution in [0.4, 0.5) is 5.69 Å². The summed E-state index contributed by atoms with van der Waals surface area (Å²) in [4.78, 5) is 20.8. The summed E-state index contributed by atoms with van der Waals surface area (Å²) in [6.07, 6.45) is 3.29. The Bertz CT molecular complexity index is 991. The van der Waals surface area contributed by atoms with Gasteiger partial charge in [0, 0.05) is 57.3 Å². The van der Waals surface area contributed by atoms with Crippen LogP contribution in [0.2, 0.25) is 0 Å². The first-order chi connectivity index (χ1) is 15.6. The third-order valence-corrected chi connectivity index (χ3v) is 6.43. The lowest BCUT2D eigenvalue weighted by Crippen LogP contribution is -2.42. The van der Waals surface area contributed by atoms with Gasteiger partial charge in [-0.25, -0.2) is 0 Å². The predicted octanol–water partition coefficient (Wildman–Crippen LogP) is 3.14. The van der Waals surface area contributed by atoms with Crippen LogP contribution in [0.25, 0.3) is 0 Å². The number of rotatable bonds is 7. The average molecular weight is 437 g/mol. The summed E-state index contributed by atoms with van der Waals surface area (Å²) in [5.74, 6) is 2.36. The molecule has 0 radical (unpaired) electrons. The van der Waals surface area contributed by atoms with E-state index in [1.165, 1.54) is 11.3 Å². The number of anilines is 1. The SMILES string of the molecule is CN=C(NCCc1ccc(OC)cc1O)N1CC(CCN2CCCC2=O)c2ccccc21. The summed E-state index contributed by atoms with van der Waals surface area (Å²) >= 11 is 0. The van der Waals surface area contributed by atoms with Gasteiger partial charge in [0.25, 0.3) is 0 Å². The molecule has 7 heteroatoms. The predicted molar refractivity (Wildman–Crippen MR) is 127 cm³/mol. The molecule has 1 amide bonds. The molecular formula is C25H32N4O3. The minimum Gasteiger partial charge on any atom is -0.508 e. The van der Waals surface area contributed by atoms with Gasteiger partial charge < -0.3 is 25.0 Å². The minimum atomic E-state index is 0.240. The number of benzene rings is 2. The quantitative estimate of drug-likeness (QED) is 0.515. The number of methoxy groups -OCH3 is 1. The van der Waals surface area contributed by atoms with Crippen LogP contribution in [0.3, 0.4) is 0 Å². The molecule has 2 aliphatic heterocycles. The standard InChI is InChI=1S/C25H32N4O3/c1-26-25(27-13-11-18-9-10-20(32-2)16-23(18)30)29-17-19(21-6-3-4-7-22(21)29)12-15-28-14-5-8-24(28)31/h3-4,6-7,9-10,16,19,30H,5,8,11-15,17H2,1-2H3,(H,26,27). The molecule has 4 rings (SSSR count). The second-order valence-electron chi connectivity index (χ2n) is 8.36. The number of carbonyl (C=O) groups is 1. The van der Waals surface area contributed by atoms with E-state index in [0.717, 1.165) is 44.0 Å². The molecule has 1 unspecified atom stereocenters. The highest BCUT2D eigenvalue weighted by Gasteiger charge is 2.32. The van der Waals surface area contributed by atoms with Gasteiger partial charge in [-0.3, -0.25) is 9.79 Å². The van der Waals surface area contributed by atoms with Crippen molar-refractivity contribution in [3.63, 3.8) is 0 Å². The lowest BCUT2D eigenvalue weighted by atomic mass is 9.98. The lowest BCUT2D eigenvalue weighted by Gasteiger charge is -2.23. The molecule has 1 fully saturated rings. The maximum Gasteiger partial charge on any atom is 0.222 e. The van der Waals surface area contributed by atoms with E-state index < -0.39 is 0 Å². The number of aliphatic imine (C=N–C) groups is 1. The second-order valence-corrected chi connectivity index (χ2v) is 8.36. The molecule has 1 atom stereocenters. The fourth-order valence-electron chi connectivity index (χ4n) is 4.68. The highest BCUT2D eigenvalue weighted by Crippen LogP contribution is 2.38. The number of likely N-dealkylation sites (tertiary alicyclic amines) is 1. The van der Waals surface area contributed by atoms with E-state index in [-0.39, 0.29) is 11.7 Å². The number of amides is 1. The molecule has 170 valence electrons. The Hall–Kier alpha value is -3.22. The first-order valence-corrected chi connectivity index (χ1v) is 11.3. The molecule has 32 heavy (non-hydrogen) atoms. The van der Waals surface area contributed by atoms with Gasteiger partial charge in [-0.1, -0.05) is 24.3 Å². The molecule has 1 saturated heterocycles. The number of aromatic hydroxyl groups is 1. The van der Waals surface area contributed by atoms with Crippen molar-refractivity contribution in [2.75, 3.05) is 45.2 Å². The summed E-state index contributed by atoms with van der Waals surface area (Å²) in [5, 5.41) is 13.7. The fourth-order valence-corrected chi connectivity index (χ4v) is 4.68. The van der Waals surface area contributed by atoms with E-state index in [4.69, 9.17) is 4.74 Å². The number of ether oxygens (including phenoxy) is 1. The van der Waals surface area contributed by atoms with Gasteiger partial charge in [0.1, 0.15) is 11.5 Å². The van der Waals surface area contributed by atoms with Crippen LogP contribution >= 0.6 is 0 Å². The first-order valence-electron chi connectivity index (χ1n) is 11.3. The molecular weight excluding hydrogens is 404 g/mol. The van der Waals surface area contributed by atoms with E-state index in [0.29, 0.717) is 31.1 Å². The summed E-state index contributed by atoms with van der Waals surface area (Å²) in [6, 6.07) is 13.8. The number of fused-ring (bicyclic) bond motifs is 1. The maximum atomic E-state index is 12.0. The average Bonchev–Trinajstić information content (AvgIpc) is 3.39. The van der Waals surface area contributed by atoms with Crippen molar-refractivity contribution in [2.24, 2.45) is 4.99 Å². The van der Waals surface area contributed by atoms with Gasteiger partial charge in [0.2, 0.25) is 5.91 Å². The molecule has 0 aromatic heterocycles. The maximum absolute atomic E-state index is 12.0. The third-order valence-electron chi connectivity index (χ3n) is 6.43. The number of guanidine groups is 1. The largest absolute Gasteiger partial charge is 0.508 e. The normalized spacial score (nSPS) is 18.2. The van der Waals surface area contributed by atoms with Gasteiger partial charge in [-0.2, -0.15) is 0 Å². The van der Waals surface area contributed by atoms with Gasteiger partial charge >= 0.3 is 0 Å². The smallest absolute Gasteiger partial charge is 0.222 e. The number of nitrogens with zero attached hydrogens (tertiary/aromatic N) is 3. The molecule has 2 aromatic carbocycles. The van der Waals surface area contributed by atoms with Crippen LogP contribution < -0.4 is 15.0 Å². The molecule has 0 spiro atoms. The zero-order valence-electron chi connectivity index (χ0n) is 18.9. The number of para-hydroxylation sites is 1. The van der Waals surface area contributed by atoms with Crippen molar-refractivity contribution in [3.05, 3.63) is 53.6 Å². The van der Waals surface area contributed by atoms with Crippen molar-refractivity contribution in [1.29, 1.82) is 0 Å².